The van der Waals surface area contributed by atoms with E-state index >= 15 is 0 Å². The van der Waals surface area contributed by atoms with Crippen molar-refractivity contribution in [3.05, 3.63) is 76.5 Å². The number of carbonyl (C=O) groups is 1. The number of nitrogens with zero attached hydrogens (tertiary/aromatic N) is 1. The minimum absolute atomic E-state index is 0.0174. The van der Waals surface area contributed by atoms with Crippen molar-refractivity contribution in [2.45, 2.75) is 11.8 Å². The van der Waals surface area contributed by atoms with Crippen LogP contribution in [0.2, 0.25) is 5.02 Å². The number of furan rings is 1. The van der Waals surface area contributed by atoms with Gasteiger partial charge in [0.2, 0.25) is 10.0 Å². The fraction of sp³-hybridized carbons (Fsp3) is 0.0476. The molecule has 0 fully saturated rings. The van der Waals surface area contributed by atoms with Crippen molar-refractivity contribution in [1.29, 1.82) is 5.26 Å². The number of nitriles is 1. The molecule has 0 bridgehead atoms. The smallest absolute Gasteiger partial charge is 0.266 e. The van der Waals surface area contributed by atoms with Crippen molar-refractivity contribution in [2.24, 2.45) is 5.14 Å². The molecular weight excluding hydrogens is 426 g/mol. The van der Waals surface area contributed by atoms with Gasteiger partial charge >= 0.3 is 0 Å². The number of nitrogens with one attached hydrogen (secondary N) is 1. The molecule has 7 nitrogen and oxygen atoms in total. The highest BCUT2D eigenvalue weighted by Crippen LogP contribution is 2.27. The van der Waals surface area contributed by atoms with Gasteiger partial charge in [-0.3, -0.25) is 4.79 Å². The van der Waals surface area contributed by atoms with Crippen LogP contribution in [0, 0.1) is 18.3 Å². The number of hydrogen-bond donors (Lipinski definition) is 2. The average Bonchev–Trinajstić information content (AvgIpc) is 3.17. The molecule has 2 aromatic carbocycles. The maximum atomic E-state index is 12.5. The lowest BCUT2D eigenvalue weighted by atomic mass is 10.1. The van der Waals surface area contributed by atoms with E-state index in [1.807, 2.05) is 6.07 Å². The number of carbonyl (C=O) groups excluding carboxylic acids is 1. The molecule has 0 unspecified atom stereocenters. The first kappa shape index (κ1) is 21.3. The SMILES string of the molecule is Cc1cccc(Cl)c1NC(=O)/C(C#N)=C/c1ccc(-c2ccc(S(N)(=O)=O)cc2)o1. The number of halogens is 1. The Balaban J connectivity index is 1.83. The molecule has 9 heteroatoms. The lowest BCUT2D eigenvalue weighted by molar-refractivity contribution is -0.112. The van der Waals surface area contributed by atoms with Gasteiger partial charge in [0.25, 0.3) is 5.91 Å². The van der Waals surface area contributed by atoms with Gasteiger partial charge in [-0.2, -0.15) is 5.26 Å². The normalized spacial score (nSPS) is 11.7. The molecule has 0 saturated carbocycles. The van der Waals surface area contributed by atoms with Gasteiger partial charge in [-0.15, -0.1) is 0 Å². The topological polar surface area (TPSA) is 126 Å². The summed E-state index contributed by atoms with van der Waals surface area (Å²) < 4.78 is 28.4. The van der Waals surface area contributed by atoms with E-state index in [0.717, 1.165) is 5.56 Å². The van der Waals surface area contributed by atoms with Crippen molar-refractivity contribution < 1.29 is 17.6 Å². The minimum atomic E-state index is -3.79. The molecule has 0 aliphatic rings. The predicted molar refractivity (Wildman–Crippen MR) is 114 cm³/mol. The Morgan fingerprint density at radius 2 is 1.87 bits per heavy atom. The molecule has 152 valence electrons. The number of aryl methyl sites for hydroxylation is 1. The summed E-state index contributed by atoms with van der Waals surface area (Å²) in [5, 5.41) is 17.5. The van der Waals surface area contributed by atoms with Crippen LogP contribution in [-0.2, 0) is 14.8 Å². The molecular formula is C21H16ClN3O4S. The number of para-hydroxylation sites is 1. The van der Waals surface area contributed by atoms with Gasteiger partial charge in [-0.1, -0.05) is 23.7 Å². The lowest BCUT2D eigenvalue weighted by Gasteiger charge is -2.09. The Hall–Kier alpha value is -3.38. The summed E-state index contributed by atoms with van der Waals surface area (Å²) in [5.74, 6) is 0.0918. The number of hydrogen-bond acceptors (Lipinski definition) is 5. The number of amides is 1. The van der Waals surface area contributed by atoms with Crippen LogP contribution in [0.1, 0.15) is 11.3 Å². The highest BCUT2D eigenvalue weighted by Gasteiger charge is 2.14. The van der Waals surface area contributed by atoms with Crippen molar-refractivity contribution in [3.8, 4) is 17.4 Å². The number of rotatable bonds is 5. The van der Waals surface area contributed by atoms with Crippen LogP contribution < -0.4 is 10.5 Å². The molecule has 0 atom stereocenters. The molecule has 0 radical (unpaired) electrons. The third kappa shape index (κ3) is 4.78. The van der Waals surface area contributed by atoms with Crippen LogP contribution in [0.3, 0.4) is 0 Å². The summed E-state index contributed by atoms with van der Waals surface area (Å²) >= 11 is 6.11. The molecule has 0 spiro atoms. The maximum absolute atomic E-state index is 12.5. The van der Waals surface area contributed by atoms with E-state index in [9.17, 15) is 18.5 Å². The van der Waals surface area contributed by atoms with Crippen LogP contribution >= 0.6 is 11.6 Å². The maximum Gasteiger partial charge on any atom is 0.266 e. The van der Waals surface area contributed by atoms with Gasteiger partial charge in [-0.05, 0) is 55.0 Å². The summed E-state index contributed by atoms with van der Waals surface area (Å²) in [6, 6.07) is 16.1. The van der Waals surface area contributed by atoms with Gasteiger partial charge in [-0.25, -0.2) is 13.6 Å². The second-order valence-corrected chi connectivity index (χ2v) is 8.30. The van der Waals surface area contributed by atoms with E-state index in [2.05, 4.69) is 5.32 Å². The molecule has 3 rings (SSSR count). The van der Waals surface area contributed by atoms with E-state index < -0.39 is 15.9 Å². The zero-order valence-electron chi connectivity index (χ0n) is 15.7. The van der Waals surface area contributed by atoms with Crippen LogP contribution in [0.5, 0.6) is 0 Å². The van der Waals surface area contributed by atoms with Crippen molar-refractivity contribution in [2.75, 3.05) is 5.32 Å². The highest BCUT2D eigenvalue weighted by atomic mass is 35.5. The van der Waals surface area contributed by atoms with Crippen LogP contribution in [0.4, 0.5) is 5.69 Å². The van der Waals surface area contributed by atoms with Crippen LogP contribution in [0.15, 0.2) is 69.5 Å². The Bertz CT molecular complexity index is 1270. The van der Waals surface area contributed by atoms with Crippen LogP contribution in [0.25, 0.3) is 17.4 Å². The van der Waals surface area contributed by atoms with Gasteiger partial charge in [0.15, 0.2) is 0 Å². The van der Waals surface area contributed by atoms with E-state index in [0.29, 0.717) is 22.0 Å². The average molecular weight is 442 g/mol. The van der Waals surface area contributed by atoms with Gasteiger partial charge in [0.1, 0.15) is 23.2 Å². The third-order valence-electron chi connectivity index (χ3n) is 4.21. The molecule has 1 amide bonds. The largest absolute Gasteiger partial charge is 0.457 e. The monoisotopic (exact) mass is 441 g/mol. The Morgan fingerprint density at radius 1 is 1.17 bits per heavy atom. The van der Waals surface area contributed by atoms with E-state index in [1.54, 1.807) is 49.4 Å². The third-order valence-corrected chi connectivity index (χ3v) is 5.45. The Morgan fingerprint density at radius 3 is 2.47 bits per heavy atom. The molecule has 1 aromatic heterocycles. The minimum Gasteiger partial charge on any atom is -0.457 e. The fourth-order valence-corrected chi connectivity index (χ4v) is 3.44. The Kier molecular flexibility index (Phi) is 6.08. The summed E-state index contributed by atoms with van der Waals surface area (Å²) in [5.41, 5.74) is 1.63. The van der Waals surface area contributed by atoms with Gasteiger partial charge in [0, 0.05) is 11.6 Å². The standard InChI is InChI=1S/C21H16ClN3O4S/c1-13-3-2-4-18(22)20(13)25-21(26)15(12-23)11-16-7-10-19(29-16)14-5-8-17(9-6-14)30(24,27)28/h2-11H,1H3,(H,25,26)(H2,24,27,28)/b15-11+. The number of primary sulfonamides is 1. The molecule has 0 saturated heterocycles. The molecule has 30 heavy (non-hydrogen) atoms. The van der Waals surface area contributed by atoms with E-state index in [1.165, 1.54) is 18.2 Å². The van der Waals surface area contributed by atoms with Crippen LogP contribution in [-0.4, -0.2) is 14.3 Å². The van der Waals surface area contributed by atoms with Crippen molar-refractivity contribution in [3.63, 3.8) is 0 Å². The van der Waals surface area contributed by atoms with Crippen molar-refractivity contribution >= 4 is 39.3 Å². The summed E-state index contributed by atoms with van der Waals surface area (Å²) in [6.07, 6.45) is 1.31. The predicted octanol–water partition coefficient (Wildman–Crippen LogP) is 4.10. The number of nitrogens with two attached hydrogens (primary N) is 1. The number of anilines is 1. The first-order valence-electron chi connectivity index (χ1n) is 8.60. The fourth-order valence-electron chi connectivity index (χ4n) is 2.66. The first-order valence-corrected chi connectivity index (χ1v) is 10.5. The molecule has 0 aliphatic heterocycles. The lowest BCUT2D eigenvalue weighted by Crippen LogP contribution is -2.14. The first-order chi connectivity index (χ1) is 14.2. The van der Waals surface area contributed by atoms with Gasteiger partial charge < -0.3 is 9.73 Å². The van der Waals surface area contributed by atoms with Gasteiger partial charge in [0.05, 0.1) is 15.6 Å². The quantitative estimate of drug-likeness (QED) is 0.455. The summed E-state index contributed by atoms with van der Waals surface area (Å²) in [7, 11) is -3.79. The number of sulfonamides is 1. The van der Waals surface area contributed by atoms with E-state index in [4.69, 9.17) is 21.2 Å². The molecule has 1 heterocycles. The molecule has 0 aliphatic carbocycles. The summed E-state index contributed by atoms with van der Waals surface area (Å²) in [6.45, 7) is 1.79. The summed E-state index contributed by atoms with van der Waals surface area (Å²) in [4.78, 5) is 12.5. The second kappa shape index (κ2) is 8.55. The van der Waals surface area contributed by atoms with Crippen molar-refractivity contribution in [1.82, 2.24) is 0 Å². The molecule has 3 aromatic rings. The second-order valence-electron chi connectivity index (χ2n) is 6.33. The zero-order chi connectivity index (χ0) is 21.9. The zero-order valence-corrected chi connectivity index (χ0v) is 17.3. The number of benzene rings is 2. The highest BCUT2D eigenvalue weighted by molar-refractivity contribution is 7.89. The van der Waals surface area contributed by atoms with E-state index in [-0.39, 0.29) is 16.2 Å². The Labute approximate surface area is 178 Å². The molecule has 3 N–H and O–H groups in total.